The summed E-state index contributed by atoms with van der Waals surface area (Å²) in [5.74, 6) is -0.255. The van der Waals surface area contributed by atoms with Crippen molar-refractivity contribution in [3.8, 4) is 17.3 Å². The number of carbonyl (C=O) groups excluding carboxylic acids is 2. The van der Waals surface area contributed by atoms with E-state index in [4.69, 9.17) is 11.0 Å². The van der Waals surface area contributed by atoms with Crippen LogP contribution in [0.3, 0.4) is 0 Å². The lowest BCUT2D eigenvalue weighted by atomic mass is 10.0. The highest BCUT2D eigenvalue weighted by atomic mass is 16.2. The molecule has 0 atom stereocenters. The molecule has 3 N–H and O–H groups in total. The molecule has 0 fully saturated rings. The van der Waals surface area contributed by atoms with E-state index in [1.807, 2.05) is 20.8 Å². The van der Waals surface area contributed by atoms with Crippen LogP contribution in [0.2, 0.25) is 0 Å². The average Bonchev–Trinajstić information content (AvgIpc) is 2.99. The number of nitriles is 1. The minimum absolute atomic E-state index is 0.228. The first-order valence-electron chi connectivity index (χ1n) is 8.66. The summed E-state index contributed by atoms with van der Waals surface area (Å²) in [5.41, 5.74) is 7.89. The van der Waals surface area contributed by atoms with E-state index in [-0.39, 0.29) is 12.5 Å². The predicted octanol–water partition coefficient (Wildman–Crippen LogP) is 1.84. The fourth-order valence-electron chi connectivity index (χ4n) is 3.05. The van der Waals surface area contributed by atoms with Crippen LogP contribution in [0.5, 0.6) is 0 Å². The zero-order chi connectivity index (χ0) is 19.8. The highest BCUT2D eigenvalue weighted by molar-refractivity contribution is 6.01. The zero-order valence-corrected chi connectivity index (χ0v) is 15.6. The number of nitrogens with two attached hydrogens (primary N) is 1. The number of aromatic nitrogens is 2. The first-order chi connectivity index (χ1) is 12.7. The van der Waals surface area contributed by atoms with Gasteiger partial charge in [0, 0.05) is 17.6 Å². The minimum atomic E-state index is -0.524. The normalized spacial score (nSPS) is 13.6. The molecule has 0 unspecified atom stereocenters. The van der Waals surface area contributed by atoms with Gasteiger partial charge in [0.05, 0.1) is 36.0 Å². The van der Waals surface area contributed by atoms with Gasteiger partial charge in [0.2, 0.25) is 0 Å². The van der Waals surface area contributed by atoms with E-state index in [1.54, 1.807) is 28.9 Å². The Kier molecular flexibility index (Phi) is 4.62. The number of amides is 3. The summed E-state index contributed by atoms with van der Waals surface area (Å²) >= 11 is 0. The van der Waals surface area contributed by atoms with Gasteiger partial charge >= 0.3 is 6.03 Å². The molecule has 8 nitrogen and oxygen atoms in total. The molecule has 0 radical (unpaired) electrons. The van der Waals surface area contributed by atoms with Crippen LogP contribution in [0.15, 0.2) is 24.3 Å². The SMILES string of the molecule is CC(C)(C)NC(=O)c1c(-c2ccc(C#N)cc2)nn2c1CN(C(N)=O)CC2. The molecular formula is C19H22N6O2. The predicted molar refractivity (Wildman–Crippen MR) is 99.6 cm³/mol. The largest absolute Gasteiger partial charge is 0.351 e. The van der Waals surface area contributed by atoms with Gasteiger partial charge in [-0.05, 0) is 32.9 Å². The average molecular weight is 366 g/mol. The lowest BCUT2D eigenvalue weighted by Gasteiger charge is -2.27. The second-order valence-corrected chi connectivity index (χ2v) is 7.55. The Bertz CT molecular complexity index is 931. The first-order valence-corrected chi connectivity index (χ1v) is 8.66. The van der Waals surface area contributed by atoms with Crippen molar-refractivity contribution in [2.75, 3.05) is 6.54 Å². The van der Waals surface area contributed by atoms with Crippen molar-refractivity contribution < 1.29 is 9.59 Å². The van der Waals surface area contributed by atoms with Crippen molar-refractivity contribution in [1.29, 1.82) is 5.26 Å². The van der Waals surface area contributed by atoms with E-state index >= 15 is 0 Å². The molecule has 1 aliphatic rings. The lowest BCUT2D eigenvalue weighted by molar-refractivity contribution is 0.0916. The highest BCUT2D eigenvalue weighted by Crippen LogP contribution is 2.29. The maximum absolute atomic E-state index is 13.0. The summed E-state index contributed by atoms with van der Waals surface area (Å²) in [5, 5.41) is 16.6. The van der Waals surface area contributed by atoms with Gasteiger partial charge in [0.15, 0.2) is 0 Å². The molecule has 1 aromatic heterocycles. The maximum atomic E-state index is 13.0. The summed E-state index contributed by atoms with van der Waals surface area (Å²) in [4.78, 5) is 26.1. The van der Waals surface area contributed by atoms with Crippen LogP contribution in [-0.2, 0) is 13.1 Å². The van der Waals surface area contributed by atoms with Crippen LogP contribution in [0.25, 0.3) is 11.3 Å². The van der Waals surface area contributed by atoms with Gasteiger partial charge in [-0.2, -0.15) is 10.4 Å². The first kappa shape index (κ1) is 18.5. The monoisotopic (exact) mass is 366 g/mol. The summed E-state index contributed by atoms with van der Waals surface area (Å²) in [6.07, 6.45) is 0. The van der Waals surface area contributed by atoms with Crippen molar-refractivity contribution in [1.82, 2.24) is 20.0 Å². The van der Waals surface area contributed by atoms with E-state index in [1.165, 1.54) is 4.90 Å². The number of urea groups is 1. The number of nitrogens with zero attached hydrogens (tertiary/aromatic N) is 4. The summed E-state index contributed by atoms with van der Waals surface area (Å²) in [7, 11) is 0. The third-order valence-corrected chi connectivity index (χ3v) is 4.29. The van der Waals surface area contributed by atoms with Crippen molar-refractivity contribution in [2.45, 2.75) is 39.4 Å². The molecule has 0 aliphatic carbocycles. The summed E-state index contributed by atoms with van der Waals surface area (Å²) in [6, 6.07) is 8.47. The van der Waals surface area contributed by atoms with E-state index in [9.17, 15) is 9.59 Å². The van der Waals surface area contributed by atoms with E-state index in [0.29, 0.717) is 35.6 Å². The number of fused-ring (bicyclic) bond motifs is 1. The molecule has 8 heteroatoms. The molecule has 140 valence electrons. The second-order valence-electron chi connectivity index (χ2n) is 7.55. The number of primary amides is 1. The minimum Gasteiger partial charge on any atom is -0.351 e. The van der Waals surface area contributed by atoms with E-state index in [2.05, 4.69) is 16.5 Å². The number of nitrogens with one attached hydrogen (secondary N) is 1. The Balaban J connectivity index is 2.11. The van der Waals surface area contributed by atoms with Gasteiger partial charge in [-0.1, -0.05) is 12.1 Å². The molecule has 3 amide bonds. The summed E-state index contributed by atoms with van der Waals surface area (Å²) in [6.45, 7) is 6.83. The van der Waals surface area contributed by atoms with Gasteiger partial charge in [0.25, 0.3) is 5.91 Å². The number of carbonyl (C=O) groups is 2. The molecule has 27 heavy (non-hydrogen) atoms. The molecular weight excluding hydrogens is 344 g/mol. The van der Waals surface area contributed by atoms with Gasteiger partial charge in [0.1, 0.15) is 5.69 Å². The van der Waals surface area contributed by atoms with Crippen LogP contribution in [0, 0.1) is 11.3 Å². The topological polar surface area (TPSA) is 117 Å². The van der Waals surface area contributed by atoms with Crippen molar-refractivity contribution in [2.24, 2.45) is 5.73 Å². The Morgan fingerprint density at radius 3 is 2.44 bits per heavy atom. The molecule has 2 aromatic rings. The molecule has 2 heterocycles. The molecule has 1 aromatic carbocycles. The van der Waals surface area contributed by atoms with E-state index in [0.717, 1.165) is 5.56 Å². The van der Waals surface area contributed by atoms with Crippen LogP contribution >= 0.6 is 0 Å². The lowest BCUT2D eigenvalue weighted by Crippen LogP contribution is -2.44. The fraction of sp³-hybridized carbons (Fsp3) is 0.368. The van der Waals surface area contributed by atoms with Gasteiger partial charge < -0.3 is 16.0 Å². The van der Waals surface area contributed by atoms with Crippen LogP contribution in [-0.4, -0.2) is 38.7 Å². The summed E-state index contributed by atoms with van der Waals surface area (Å²) < 4.78 is 1.75. The third-order valence-electron chi connectivity index (χ3n) is 4.29. The van der Waals surface area contributed by atoms with Gasteiger partial charge in [-0.15, -0.1) is 0 Å². The Morgan fingerprint density at radius 2 is 1.89 bits per heavy atom. The quantitative estimate of drug-likeness (QED) is 0.843. The molecule has 0 spiro atoms. The number of hydrogen-bond donors (Lipinski definition) is 2. The van der Waals surface area contributed by atoms with Crippen LogP contribution in [0.1, 0.15) is 42.4 Å². The zero-order valence-electron chi connectivity index (χ0n) is 15.6. The molecule has 1 aliphatic heterocycles. The Hall–Kier alpha value is -3.34. The number of rotatable bonds is 2. The van der Waals surface area contributed by atoms with Crippen molar-refractivity contribution in [3.05, 3.63) is 41.1 Å². The number of hydrogen-bond acceptors (Lipinski definition) is 4. The van der Waals surface area contributed by atoms with Gasteiger partial charge in [-0.3, -0.25) is 9.48 Å². The van der Waals surface area contributed by atoms with Crippen molar-refractivity contribution >= 4 is 11.9 Å². The number of benzene rings is 1. The standard InChI is InChI=1S/C19H22N6O2/c1-19(2,3)22-17(26)15-14-11-24(18(21)27)8-9-25(14)23-16(15)13-6-4-12(10-20)5-7-13/h4-7H,8-9,11H2,1-3H3,(H2,21,27)(H,22,26). The van der Waals surface area contributed by atoms with Crippen molar-refractivity contribution in [3.63, 3.8) is 0 Å². The fourth-order valence-corrected chi connectivity index (χ4v) is 3.05. The maximum Gasteiger partial charge on any atom is 0.315 e. The second kappa shape index (κ2) is 6.76. The highest BCUT2D eigenvalue weighted by Gasteiger charge is 2.31. The molecule has 3 rings (SSSR count). The van der Waals surface area contributed by atoms with Crippen LogP contribution < -0.4 is 11.1 Å². The van der Waals surface area contributed by atoms with Crippen LogP contribution in [0.4, 0.5) is 4.79 Å². The Morgan fingerprint density at radius 1 is 1.22 bits per heavy atom. The molecule has 0 saturated carbocycles. The molecule has 0 bridgehead atoms. The Labute approximate surface area is 157 Å². The third kappa shape index (κ3) is 3.77. The molecule has 0 saturated heterocycles. The smallest absolute Gasteiger partial charge is 0.315 e. The van der Waals surface area contributed by atoms with Gasteiger partial charge in [-0.25, -0.2) is 4.79 Å². The van der Waals surface area contributed by atoms with E-state index < -0.39 is 11.6 Å².